The highest BCUT2D eigenvalue weighted by Crippen LogP contribution is 2.25. The van der Waals surface area contributed by atoms with Crippen LogP contribution in [0.3, 0.4) is 0 Å². The van der Waals surface area contributed by atoms with Crippen molar-refractivity contribution in [2.45, 2.75) is 19.8 Å². The highest BCUT2D eigenvalue weighted by molar-refractivity contribution is 5.98. The van der Waals surface area contributed by atoms with Crippen molar-refractivity contribution in [3.05, 3.63) is 23.8 Å². The van der Waals surface area contributed by atoms with Gasteiger partial charge in [0.05, 0.1) is 14.2 Å². The van der Waals surface area contributed by atoms with E-state index in [9.17, 15) is 4.79 Å². The molecule has 1 unspecified atom stereocenters. The Labute approximate surface area is 108 Å². The molecule has 0 saturated heterocycles. The third-order valence-corrected chi connectivity index (χ3v) is 2.92. The second-order valence-corrected chi connectivity index (χ2v) is 4.30. The summed E-state index contributed by atoms with van der Waals surface area (Å²) >= 11 is 0. The molecule has 0 aliphatic rings. The fourth-order valence-electron chi connectivity index (χ4n) is 1.79. The van der Waals surface area contributed by atoms with Crippen LogP contribution in [-0.2, 0) is 0 Å². The van der Waals surface area contributed by atoms with Crippen molar-refractivity contribution in [3.8, 4) is 11.5 Å². The molecule has 100 valence electrons. The lowest BCUT2D eigenvalue weighted by molar-refractivity contribution is 0.0922. The fraction of sp³-hybridized carbons (Fsp3) is 0.500. The molecule has 4 heteroatoms. The van der Waals surface area contributed by atoms with Crippen molar-refractivity contribution in [1.29, 1.82) is 0 Å². The van der Waals surface area contributed by atoms with Crippen molar-refractivity contribution >= 4 is 5.78 Å². The van der Waals surface area contributed by atoms with E-state index in [2.05, 4.69) is 0 Å². The van der Waals surface area contributed by atoms with Crippen molar-refractivity contribution in [2.75, 3.05) is 20.8 Å². The number of carbonyl (C=O) groups is 1. The van der Waals surface area contributed by atoms with Gasteiger partial charge in [-0.1, -0.05) is 6.92 Å². The largest absolute Gasteiger partial charge is 0.497 e. The number of benzene rings is 1. The Morgan fingerprint density at radius 2 is 1.78 bits per heavy atom. The highest BCUT2D eigenvalue weighted by atomic mass is 16.5. The van der Waals surface area contributed by atoms with Gasteiger partial charge in [0, 0.05) is 17.5 Å². The first kappa shape index (κ1) is 14.5. The molecule has 18 heavy (non-hydrogen) atoms. The Morgan fingerprint density at radius 3 is 2.22 bits per heavy atom. The first-order chi connectivity index (χ1) is 8.62. The van der Waals surface area contributed by atoms with Crippen LogP contribution in [0, 0.1) is 5.92 Å². The predicted octanol–water partition coefficient (Wildman–Crippen LogP) is 2.26. The van der Waals surface area contributed by atoms with Crippen LogP contribution in [0.25, 0.3) is 0 Å². The van der Waals surface area contributed by atoms with Crippen LogP contribution < -0.4 is 15.2 Å². The van der Waals surface area contributed by atoms with Gasteiger partial charge in [-0.25, -0.2) is 0 Å². The van der Waals surface area contributed by atoms with Gasteiger partial charge in [-0.05, 0) is 31.5 Å². The zero-order chi connectivity index (χ0) is 13.5. The maximum Gasteiger partial charge on any atom is 0.165 e. The molecule has 1 atom stereocenters. The standard InChI is InChI=1S/C14H21NO3/c1-10(5-4-6-15)14(16)11-7-12(17-2)9-13(8-11)18-3/h7-10H,4-6,15H2,1-3H3. The van der Waals surface area contributed by atoms with E-state index >= 15 is 0 Å². The Morgan fingerprint density at radius 1 is 1.22 bits per heavy atom. The average Bonchev–Trinajstić information content (AvgIpc) is 2.43. The van der Waals surface area contributed by atoms with Gasteiger partial charge in [0.2, 0.25) is 0 Å². The molecule has 0 heterocycles. The van der Waals surface area contributed by atoms with Crippen LogP contribution in [-0.4, -0.2) is 26.5 Å². The van der Waals surface area contributed by atoms with E-state index in [-0.39, 0.29) is 11.7 Å². The minimum Gasteiger partial charge on any atom is -0.497 e. The number of hydrogen-bond donors (Lipinski definition) is 1. The number of Topliss-reactive ketones (excluding diaryl/α,β-unsaturated/α-hetero) is 1. The Balaban J connectivity index is 2.90. The number of methoxy groups -OCH3 is 2. The third kappa shape index (κ3) is 3.74. The number of carbonyl (C=O) groups excluding carboxylic acids is 1. The van der Waals surface area contributed by atoms with E-state index in [4.69, 9.17) is 15.2 Å². The van der Waals surface area contributed by atoms with Crippen molar-refractivity contribution in [1.82, 2.24) is 0 Å². The van der Waals surface area contributed by atoms with Crippen LogP contribution >= 0.6 is 0 Å². The van der Waals surface area contributed by atoms with Gasteiger partial charge in [-0.3, -0.25) is 4.79 Å². The lowest BCUT2D eigenvalue weighted by Crippen LogP contribution is -2.13. The molecule has 0 saturated carbocycles. The number of ketones is 1. The molecular formula is C14H21NO3. The van der Waals surface area contributed by atoms with Crippen LogP contribution in [0.5, 0.6) is 11.5 Å². The highest BCUT2D eigenvalue weighted by Gasteiger charge is 2.16. The smallest absolute Gasteiger partial charge is 0.165 e. The second-order valence-electron chi connectivity index (χ2n) is 4.30. The van der Waals surface area contributed by atoms with E-state index in [1.165, 1.54) is 0 Å². The molecule has 0 bridgehead atoms. The summed E-state index contributed by atoms with van der Waals surface area (Å²) in [5.41, 5.74) is 6.08. The first-order valence-corrected chi connectivity index (χ1v) is 6.09. The molecule has 0 radical (unpaired) electrons. The number of nitrogens with two attached hydrogens (primary N) is 1. The minimum absolute atomic E-state index is 0.0367. The molecule has 0 spiro atoms. The summed E-state index contributed by atoms with van der Waals surface area (Å²) in [7, 11) is 3.14. The zero-order valence-electron chi connectivity index (χ0n) is 11.2. The van der Waals surface area contributed by atoms with Gasteiger partial charge in [0.1, 0.15) is 11.5 Å². The summed E-state index contributed by atoms with van der Waals surface area (Å²) in [5.74, 6) is 1.32. The number of ether oxygens (including phenoxy) is 2. The first-order valence-electron chi connectivity index (χ1n) is 6.09. The molecule has 0 aromatic heterocycles. The lowest BCUT2D eigenvalue weighted by Gasteiger charge is -2.12. The van der Waals surface area contributed by atoms with Gasteiger partial charge in [0.25, 0.3) is 0 Å². The SMILES string of the molecule is COc1cc(OC)cc(C(=O)C(C)CCCN)c1. The molecule has 2 N–H and O–H groups in total. The zero-order valence-corrected chi connectivity index (χ0v) is 11.2. The van der Waals surface area contributed by atoms with Gasteiger partial charge < -0.3 is 15.2 Å². The lowest BCUT2D eigenvalue weighted by atomic mass is 9.95. The normalized spacial score (nSPS) is 12.0. The van der Waals surface area contributed by atoms with E-state index in [1.54, 1.807) is 32.4 Å². The van der Waals surface area contributed by atoms with Gasteiger partial charge in [-0.2, -0.15) is 0 Å². The summed E-state index contributed by atoms with van der Waals surface area (Å²) in [6.07, 6.45) is 1.66. The van der Waals surface area contributed by atoms with Crippen LogP contribution in [0.4, 0.5) is 0 Å². The predicted molar refractivity (Wildman–Crippen MR) is 71.3 cm³/mol. The van der Waals surface area contributed by atoms with Gasteiger partial charge in [-0.15, -0.1) is 0 Å². The summed E-state index contributed by atoms with van der Waals surface area (Å²) in [6.45, 7) is 2.53. The molecule has 0 aliphatic heterocycles. The summed E-state index contributed by atoms with van der Waals surface area (Å²) in [5, 5.41) is 0. The topological polar surface area (TPSA) is 61.5 Å². The Bertz CT molecular complexity index is 382. The molecule has 1 aromatic carbocycles. The average molecular weight is 251 g/mol. The molecule has 0 fully saturated rings. The van der Waals surface area contributed by atoms with Gasteiger partial charge >= 0.3 is 0 Å². The van der Waals surface area contributed by atoms with Crippen molar-refractivity contribution in [3.63, 3.8) is 0 Å². The van der Waals surface area contributed by atoms with Crippen molar-refractivity contribution < 1.29 is 14.3 Å². The quantitative estimate of drug-likeness (QED) is 0.755. The monoisotopic (exact) mass is 251 g/mol. The third-order valence-electron chi connectivity index (χ3n) is 2.92. The minimum atomic E-state index is -0.0367. The summed E-state index contributed by atoms with van der Waals surface area (Å²) in [4.78, 5) is 12.2. The maximum atomic E-state index is 12.2. The number of rotatable bonds is 7. The number of hydrogen-bond acceptors (Lipinski definition) is 4. The fourth-order valence-corrected chi connectivity index (χ4v) is 1.79. The molecule has 0 amide bonds. The molecule has 1 rings (SSSR count). The van der Waals surface area contributed by atoms with Crippen LogP contribution in [0.2, 0.25) is 0 Å². The molecular weight excluding hydrogens is 230 g/mol. The van der Waals surface area contributed by atoms with E-state index < -0.39 is 0 Å². The molecule has 0 aliphatic carbocycles. The Hall–Kier alpha value is -1.55. The van der Waals surface area contributed by atoms with Gasteiger partial charge in [0.15, 0.2) is 5.78 Å². The van der Waals surface area contributed by atoms with Crippen molar-refractivity contribution in [2.24, 2.45) is 11.7 Å². The van der Waals surface area contributed by atoms with Crippen LogP contribution in [0.15, 0.2) is 18.2 Å². The molecule has 1 aromatic rings. The Kier molecular flexibility index (Phi) is 5.65. The van der Waals surface area contributed by atoms with E-state index in [0.717, 1.165) is 12.8 Å². The summed E-state index contributed by atoms with van der Waals surface area (Å²) < 4.78 is 10.3. The second kappa shape index (κ2) is 7.01. The van der Waals surface area contributed by atoms with Crippen LogP contribution in [0.1, 0.15) is 30.1 Å². The maximum absolute atomic E-state index is 12.2. The molecule has 4 nitrogen and oxygen atoms in total. The van der Waals surface area contributed by atoms with E-state index in [0.29, 0.717) is 23.6 Å². The van der Waals surface area contributed by atoms with E-state index in [1.807, 2.05) is 6.92 Å². The summed E-state index contributed by atoms with van der Waals surface area (Å²) in [6, 6.07) is 5.23.